The normalized spacial score (nSPS) is 22.8. The number of rotatable bonds is 8. The number of nitrogens with one attached hydrogen (secondary N) is 1. The van der Waals surface area contributed by atoms with Crippen LogP contribution in [0.3, 0.4) is 0 Å². The highest BCUT2D eigenvalue weighted by atomic mass is 32.2. The Morgan fingerprint density at radius 2 is 1.67 bits per heavy atom. The van der Waals surface area contributed by atoms with Gasteiger partial charge in [0.05, 0.1) is 47.7 Å². The standard InChI is InChI=1S/C43H53N5O6S/c1-25(2)48-39(36(23-44-48)42(50)47-31-13-14-32(47)22-43(5,51)21-31)30-18-29-19-33(54-6)15-17-34(29)40-38(27-10-8-7-9-11-27)35-16-12-28(20-37(35)46(40)24-30)41(49)45-55(52,53)26(3)4/h12,15-20,23,25-27,31-32,51H,7-11,13-14,21-22,24H2,1-6H3,(H,45,49). The third kappa shape index (κ3) is 6.58. The average molecular weight is 768 g/mol. The Morgan fingerprint density at radius 1 is 0.964 bits per heavy atom. The maximum Gasteiger partial charge on any atom is 0.264 e. The molecule has 0 radical (unpaired) electrons. The van der Waals surface area contributed by atoms with Crippen molar-refractivity contribution >= 4 is 44.4 Å². The van der Waals surface area contributed by atoms with Gasteiger partial charge in [-0.3, -0.25) is 14.3 Å². The van der Waals surface area contributed by atoms with E-state index in [0.29, 0.717) is 36.6 Å². The molecule has 2 bridgehead atoms. The Kier molecular flexibility index (Phi) is 9.51. The number of aromatic nitrogens is 3. The lowest BCUT2D eigenvalue weighted by atomic mass is 9.81. The predicted octanol–water partition coefficient (Wildman–Crippen LogP) is 7.68. The number of piperidine rings is 1. The van der Waals surface area contributed by atoms with E-state index in [1.807, 2.05) is 40.8 Å². The second kappa shape index (κ2) is 14.0. The quantitative estimate of drug-likeness (QED) is 0.188. The Balaban J connectivity index is 1.34. The number of amides is 2. The maximum absolute atomic E-state index is 14.8. The van der Waals surface area contributed by atoms with E-state index in [-0.39, 0.29) is 29.6 Å². The van der Waals surface area contributed by atoms with Gasteiger partial charge in [0.25, 0.3) is 11.8 Å². The highest BCUT2D eigenvalue weighted by Crippen LogP contribution is 2.49. The van der Waals surface area contributed by atoms with E-state index in [0.717, 1.165) is 77.5 Å². The zero-order valence-corrected chi connectivity index (χ0v) is 33.6. The van der Waals surface area contributed by atoms with Crippen LogP contribution in [-0.2, 0) is 16.6 Å². The van der Waals surface area contributed by atoms with Crippen LogP contribution in [0.4, 0.5) is 0 Å². The Morgan fingerprint density at radius 3 is 2.33 bits per heavy atom. The summed E-state index contributed by atoms with van der Waals surface area (Å²) in [6.07, 6.45) is 12.3. The smallest absolute Gasteiger partial charge is 0.264 e. The van der Waals surface area contributed by atoms with E-state index in [2.05, 4.69) is 35.3 Å². The fraction of sp³-hybridized carbons (Fsp3) is 0.512. The molecule has 0 spiro atoms. The summed E-state index contributed by atoms with van der Waals surface area (Å²) < 4.78 is 37.8. The molecule has 1 saturated carbocycles. The molecule has 5 heterocycles. The molecule has 292 valence electrons. The number of sulfonamides is 1. The molecule has 4 aliphatic rings. The van der Waals surface area contributed by atoms with E-state index < -0.39 is 26.8 Å². The number of hydrogen-bond donors (Lipinski definition) is 2. The summed E-state index contributed by atoms with van der Waals surface area (Å²) in [5.74, 6) is 0.289. The maximum atomic E-state index is 14.8. The zero-order valence-electron chi connectivity index (χ0n) is 32.8. The molecule has 3 aliphatic heterocycles. The monoisotopic (exact) mass is 767 g/mol. The first-order valence-corrected chi connectivity index (χ1v) is 21.5. The van der Waals surface area contributed by atoms with Crippen LogP contribution < -0.4 is 9.46 Å². The van der Waals surface area contributed by atoms with Gasteiger partial charge in [0, 0.05) is 40.2 Å². The summed E-state index contributed by atoms with van der Waals surface area (Å²) in [6, 6.07) is 11.6. The van der Waals surface area contributed by atoms with Crippen LogP contribution in [0.25, 0.3) is 33.8 Å². The third-order valence-electron chi connectivity index (χ3n) is 12.4. The number of hydrogen-bond acceptors (Lipinski definition) is 7. The topological polar surface area (TPSA) is 136 Å². The molecular weight excluding hydrogens is 715 g/mol. The van der Waals surface area contributed by atoms with Crippen LogP contribution in [0.15, 0.2) is 42.6 Å². The second-order valence-electron chi connectivity index (χ2n) is 17.0. The molecule has 3 fully saturated rings. The van der Waals surface area contributed by atoms with Gasteiger partial charge in [-0.1, -0.05) is 25.3 Å². The number of benzene rings is 2. The van der Waals surface area contributed by atoms with E-state index in [1.165, 1.54) is 12.0 Å². The van der Waals surface area contributed by atoms with Gasteiger partial charge in [0.1, 0.15) is 5.75 Å². The van der Waals surface area contributed by atoms with Gasteiger partial charge in [-0.2, -0.15) is 5.10 Å². The molecule has 2 atom stereocenters. The van der Waals surface area contributed by atoms with Crippen molar-refractivity contribution < 1.29 is 27.9 Å². The summed E-state index contributed by atoms with van der Waals surface area (Å²) >= 11 is 0. The van der Waals surface area contributed by atoms with Gasteiger partial charge < -0.3 is 19.3 Å². The van der Waals surface area contributed by atoms with Crippen molar-refractivity contribution in [2.45, 2.75) is 134 Å². The highest BCUT2D eigenvalue weighted by molar-refractivity contribution is 7.90. The van der Waals surface area contributed by atoms with Crippen molar-refractivity contribution in [3.8, 4) is 17.0 Å². The van der Waals surface area contributed by atoms with E-state index in [1.54, 1.807) is 33.2 Å². The van der Waals surface area contributed by atoms with Crippen LogP contribution in [0.1, 0.15) is 142 Å². The molecule has 12 heteroatoms. The molecule has 2 aromatic heterocycles. The van der Waals surface area contributed by atoms with Gasteiger partial charge in [-0.05, 0) is 132 Å². The second-order valence-corrected chi connectivity index (χ2v) is 19.2. The first-order valence-electron chi connectivity index (χ1n) is 19.9. The molecule has 1 aliphatic carbocycles. The Labute approximate surface area is 323 Å². The average Bonchev–Trinajstić information content (AvgIpc) is 3.78. The highest BCUT2D eigenvalue weighted by Gasteiger charge is 2.48. The molecule has 4 aromatic rings. The molecule has 2 saturated heterocycles. The van der Waals surface area contributed by atoms with E-state index in [9.17, 15) is 23.1 Å². The van der Waals surface area contributed by atoms with Crippen molar-refractivity contribution in [2.24, 2.45) is 0 Å². The number of aliphatic hydroxyl groups is 1. The fourth-order valence-electron chi connectivity index (χ4n) is 9.79. The number of carbonyl (C=O) groups excluding carboxylic acids is 2. The summed E-state index contributed by atoms with van der Waals surface area (Å²) in [5.41, 5.74) is 6.77. The lowest BCUT2D eigenvalue weighted by Gasteiger charge is -2.42. The van der Waals surface area contributed by atoms with Gasteiger partial charge >= 0.3 is 0 Å². The van der Waals surface area contributed by atoms with Crippen LogP contribution in [0.2, 0.25) is 0 Å². The summed E-state index contributed by atoms with van der Waals surface area (Å²) in [6.45, 7) is 9.48. The fourth-order valence-corrected chi connectivity index (χ4v) is 10.4. The SMILES string of the molecule is COc1ccc2c(c1)C=C(c1c(C(=O)N3C4CCC3CC(C)(O)C4)cnn1C(C)C)Cn1c-2c(C2CCCCC2)c2ccc(C(=O)NS(=O)(=O)C(C)C)cc21. The van der Waals surface area contributed by atoms with Crippen LogP contribution >= 0.6 is 0 Å². The number of methoxy groups -OCH3 is 1. The molecule has 55 heavy (non-hydrogen) atoms. The van der Waals surface area contributed by atoms with Gasteiger partial charge in [0.2, 0.25) is 10.0 Å². The number of fused-ring (bicyclic) bond motifs is 7. The number of ether oxygens (including phenoxy) is 1. The van der Waals surface area contributed by atoms with Crippen LogP contribution in [0, 0.1) is 0 Å². The van der Waals surface area contributed by atoms with E-state index >= 15 is 0 Å². The van der Waals surface area contributed by atoms with Gasteiger partial charge in [0.15, 0.2) is 0 Å². The van der Waals surface area contributed by atoms with Crippen molar-refractivity contribution in [3.05, 3.63) is 70.5 Å². The Hall–Kier alpha value is -4.42. The van der Waals surface area contributed by atoms with Crippen LogP contribution in [0.5, 0.6) is 5.75 Å². The molecule has 2 amide bonds. The molecule has 2 N–H and O–H groups in total. The molecule has 8 rings (SSSR count). The van der Waals surface area contributed by atoms with Gasteiger partial charge in [-0.25, -0.2) is 13.1 Å². The molecule has 2 unspecified atom stereocenters. The van der Waals surface area contributed by atoms with E-state index in [4.69, 9.17) is 9.84 Å². The molecule has 11 nitrogen and oxygen atoms in total. The predicted molar refractivity (Wildman–Crippen MR) is 215 cm³/mol. The van der Waals surface area contributed by atoms with Gasteiger partial charge in [-0.15, -0.1) is 0 Å². The minimum absolute atomic E-state index is 0.0354. The molecule has 2 aromatic carbocycles. The summed E-state index contributed by atoms with van der Waals surface area (Å²) in [5, 5.41) is 16.1. The minimum atomic E-state index is -3.85. The van der Waals surface area contributed by atoms with Crippen molar-refractivity contribution in [1.29, 1.82) is 0 Å². The summed E-state index contributed by atoms with van der Waals surface area (Å²) in [4.78, 5) is 30.4. The lowest BCUT2D eigenvalue weighted by molar-refractivity contribution is -0.0300. The number of carbonyl (C=O) groups is 2. The zero-order chi connectivity index (χ0) is 39.0. The number of allylic oxidation sites excluding steroid dienone is 1. The molecular formula is C43H53N5O6S. The first-order chi connectivity index (χ1) is 26.2. The number of nitrogens with zero attached hydrogens (tertiary/aromatic N) is 4. The summed E-state index contributed by atoms with van der Waals surface area (Å²) in [7, 11) is -2.19. The van der Waals surface area contributed by atoms with Crippen molar-refractivity contribution in [1.82, 2.24) is 24.0 Å². The third-order valence-corrected chi connectivity index (χ3v) is 14.1. The first kappa shape index (κ1) is 37.5. The minimum Gasteiger partial charge on any atom is -0.497 e. The van der Waals surface area contributed by atoms with Crippen molar-refractivity contribution in [2.75, 3.05) is 7.11 Å². The largest absolute Gasteiger partial charge is 0.497 e. The van der Waals surface area contributed by atoms with Crippen molar-refractivity contribution in [3.63, 3.8) is 0 Å². The van der Waals surface area contributed by atoms with Crippen LogP contribution in [-0.4, -0.2) is 74.6 Å². The lowest BCUT2D eigenvalue weighted by Crippen LogP contribution is -2.52. The Bertz CT molecular complexity index is 2310.